The number of nitro groups is 1. The maximum absolute atomic E-state index is 12.2. The lowest BCUT2D eigenvalue weighted by molar-refractivity contribution is -0.386. The fourth-order valence-corrected chi connectivity index (χ4v) is 2.00. The highest BCUT2D eigenvalue weighted by atomic mass is 16.6. The number of amides is 1. The van der Waals surface area contributed by atoms with Gasteiger partial charge in [0.25, 0.3) is 5.91 Å². The third-order valence-corrected chi connectivity index (χ3v) is 3.02. The molecule has 0 saturated carbocycles. The second-order valence-electron chi connectivity index (χ2n) is 4.44. The maximum Gasteiger partial charge on any atom is 0.362 e. The molecule has 0 aliphatic heterocycles. The number of aromatic amines is 1. The molecule has 1 amide bonds. The Kier molecular flexibility index (Phi) is 5.13. The fraction of sp³-hybridized carbons (Fsp3) is 0.286. The number of hydrogen-bond acceptors (Lipinski definition) is 6. The molecule has 0 spiro atoms. The molecule has 2 aromatic rings. The molecule has 1 aromatic carbocycles. The summed E-state index contributed by atoms with van der Waals surface area (Å²) in [4.78, 5) is 22.5. The Morgan fingerprint density at radius 3 is 2.83 bits per heavy atom. The first-order valence-corrected chi connectivity index (χ1v) is 6.84. The molecule has 1 heterocycles. The summed E-state index contributed by atoms with van der Waals surface area (Å²) in [6.45, 7) is 2.51. The van der Waals surface area contributed by atoms with Gasteiger partial charge >= 0.3 is 11.6 Å². The van der Waals surface area contributed by atoms with Crippen LogP contribution in [0.15, 0.2) is 24.3 Å². The van der Waals surface area contributed by atoms with Crippen LogP contribution in [0.5, 0.6) is 11.6 Å². The van der Waals surface area contributed by atoms with Crippen LogP contribution in [0.2, 0.25) is 0 Å². The molecule has 0 atom stereocenters. The van der Waals surface area contributed by atoms with E-state index in [1.54, 1.807) is 12.1 Å². The second kappa shape index (κ2) is 7.25. The molecule has 2 N–H and O–H groups in total. The van der Waals surface area contributed by atoms with Crippen molar-refractivity contribution < 1.29 is 19.2 Å². The lowest BCUT2D eigenvalue weighted by Gasteiger charge is -2.10. The van der Waals surface area contributed by atoms with E-state index < -0.39 is 16.5 Å². The van der Waals surface area contributed by atoms with Gasteiger partial charge in [-0.1, -0.05) is 18.2 Å². The summed E-state index contributed by atoms with van der Waals surface area (Å²) in [5, 5.41) is 19.6. The van der Waals surface area contributed by atoms with Crippen molar-refractivity contribution in [2.24, 2.45) is 0 Å². The molecule has 0 radical (unpaired) electrons. The molecule has 0 fully saturated rings. The summed E-state index contributed by atoms with van der Waals surface area (Å²) in [6, 6.07) is 7.21. The molecule has 1 aromatic heterocycles. The molecular weight excluding hydrogens is 304 g/mol. The van der Waals surface area contributed by atoms with E-state index in [0.717, 1.165) is 5.56 Å². The van der Waals surface area contributed by atoms with E-state index in [-0.39, 0.29) is 18.1 Å². The van der Waals surface area contributed by atoms with E-state index in [0.29, 0.717) is 12.4 Å². The highest BCUT2D eigenvalue weighted by Gasteiger charge is 2.29. The van der Waals surface area contributed by atoms with Crippen LogP contribution < -0.4 is 14.8 Å². The minimum Gasteiger partial charge on any atom is -0.494 e. The largest absolute Gasteiger partial charge is 0.494 e. The molecule has 0 aliphatic carbocycles. The van der Waals surface area contributed by atoms with Gasteiger partial charge in [-0.25, -0.2) is 0 Å². The third kappa shape index (κ3) is 3.57. The van der Waals surface area contributed by atoms with Crippen molar-refractivity contribution in [2.45, 2.75) is 13.5 Å². The molecule has 122 valence electrons. The molecule has 23 heavy (non-hydrogen) atoms. The van der Waals surface area contributed by atoms with Crippen molar-refractivity contribution in [3.8, 4) is 11.6 Å². The second-order valence-corrected chi connectivity index (χ2v) is 4.44. The van der Waals surface area contributed by atoms with Crippen LogP contribution in [0.25, 0.3) is 0 Å². The zero-order valence-electron chi connectivity index (χ0n) is 12.7. The van der Waals surface area contributed by atoms with Crippen LogP contribution in [-0.2, 0) is 6.54 Å². The van der Waals surface area contributed by atoms with Gasteiger partial charge in [-0.2, -0.15) is 0 Å². The smallest absolute Gasteiger partial charge is 0.362 e. The fourth-order valence-electron chi connectivity index (χ4n) is 2.00. The van der Waals surface area contributed by atoms with Crippen LogP contribution in [0.4, 0.5) is 5.69 Å². The minimum absolute atomic E-state index is 0.160. The van der Waals surface area contributed by atoms with Gasteiger partial charge < -0.3 is 14.8 Å². The van der Waals surface area contributed by atoms with Gasteiger partial charge in [0.2, 0.25) is 5.69 Å². The van der Waals surface area contributed by atoms with Crippen molar-refractivity contribution in [3.63, 3.8) is 0 Å². The predicted molar refractivity (Wildman–Crippen MR) is 80.6 cm³/mol. The van der Waals surface area contributed by atoms with Crippen LogP contribution in [0.1, 0.15) is 23.0 Å². The lowest BCUT2D eigenvalue weighted by Crippen LogP contribution is -2.24. The van der Waals surface area contributed by atoms with Crippen LogP contribution in [0, 0.1) is 10.1 Å². The van der Waals surface area contributed by atoms with Gasteiger partial charge in [0.15, 0.2) is 0 Å². The monoisotopic (exact) mass is 320 g/mol. The zero-order valence-corrected chi connectivity index (χ0v) is 12.7. The highest BCUT2D eigenvalue weighted by Crippen LogP contribution is 2.27. The number of carbonyl (C=O) groups excluding carboxylic acids is 1. The van der Waals surface area contributed by atoms with Crippen LogP contribution >= 0.6 is 0 Å². The molecule has 9 heteroatoms. The van der Waals surface area contributed by atoms with E-state index in [9.17, 15) is 14.9 Å². The molecule has 0 saturated heterocycles. The summed E-state index contributed by atoms with van der Waals surface area (Å²) < 4.78 is 10.2. The van der Waals surface area contributed by atoms with Gasteiger partial charge in [-0.3, -0.25) is 20.0 Å². The van der Waals surface area contributed by atoms with E-state index in [1.807, 2.05) is 19.1 Å². The van der Waals surface area contributed by atoms with Crippen molar-refractivity contribution >= 4 is 11.6 Å². The molecule has 0 unspecified atom stereocenters. The normalized spacial score (nSPS) is 10.2. The number of methoxy groups -OCH3 is 1. The predicted octanol–water partition coefficient (Wildman–Crippen LogP) is 1.66. The number of nitrogens with zero attached hydrogens (tertiary/aromatic N) is 2. The number of carbonyl (C=O) groups is 1. The number of benzene rings is 1. The SMILES string of the molecule is CCOc1ccccc1CNC(=O)c1[nH]nc(OC)c1[N+](=O)[O-]. The lowest BCUT2D eigenvalue weighted by atomic mass is 10.2. The molecule has 9 nitrogen and oxygen atoms in total. The average molecular weight is 320 g/mol. The maximum atomic E-state index is 12.2. The zero-order chi connectivity index (χ0) is 16.8. The van der Waals surface area contributed by atoms with Gasteiger partial charge in [0.05, 0.1) is 18.6 Å². The summed E-state index contributed by atoms with van der Waals surface area (Å²) in [5.74, 6) is -0.249. The third-order valence-electron chi connectivity index (χ3n) is 3.02. The Morgan fingerprint density at radius 2 is 2.17 bits per heavy atom. The van der Waals surface area contributed by atoms with E-state index >= 15 is 0 Å². The van der Waals surface area contributed by atoms with E-state index in [2.05, 4.69) is 15.5 Å². The van der Waals surface area contributed by atoms with Crippen LogP contribution in [-0.4, -0.2) is 34.7 Å². The van der Waals surface area contributed by atoms with Crippen LogP contribution in [0.3, 0.4) is 0 Å². The quantitative estimate of drug-likeness (QED) is 0.591. The molecular formula is C14H16N4O5. The highest BCUT2D eigenvalue weighted by molar-refractivity contribution is 5.97. The average Bonchev–Trinajstić information content (AvgIpc) is 2.98. The number of para-hydroxylation sites is 1. The molecule has 0 aliphatic rings. The van der Waals surface area contributed by atoms with Gasteiger partial charge in [0, 0.05) is 12.1 Å². The summed E-state index contributed by atoms with van der Waals surface area (Å²) in [5.41, 5.74) is 0.000618. The van der Waals surface area contributed by atoms with E-state index in [1.165, 1.54) is 7.11 Å². The summed E-state index contributed by atoms with van der Waals surface area (Å²) in [6.07, 6.45) is 0. The first-order chi connectivity index (χ1) is 11.1. The Bertz CT molecular complexity index is 713. The topological polar surface area (TPSA) is 119 Å². The molecule has 0 bridgehead atoms. The number of nitrogens with one attached hydrogen (secondary N) is 2. The Morgan fingerprint density at radius 1 is 1.43 bits per heavy atom. The van der Waals surface area contributed by atoms with E-state index in [4.69, 9.17) is 9.47 Å². The first-order valence-electron chi connectivity index (χ1n) is 6.84. The van der Waals surface area contributed by atoms with Crippen molar-refractivity contribution in [1.29, 1.82) is 0 Å². The Hall–Kier alpha value is -3.10. The number of hydrogen-bond donors (Lipinski definition) is 2. The standard InChI is InChI=1S/C14H16N4O5/c1-3-23-10-7-5-4-6-9(10)8-15-13(19)11-12(18(20)21)14(22-2)17-16-11/h4-7H,3,8H2,1-2H3,(H,15,19)(H,16,17). The number of ether oxygens (including phenoxy) is 2. The summed E-state index contributed by atoms with van der Waals surface area (Å²) >= 11 is 0. The van der Waals surface area contributed by atoms with Crippen molar-refractivity contribution in [1.82, 2.24) is 15.5 Å². The van der Waals surface area contributed by atoms with Crippen molar-refractivity contribution in [3.05, 3.63) is 45.6 Å². The number of rotatable bonds is 7. The number of H-pyrrole nitrogens is 1. The summed E-state index contributed by atoms with van der Waals surface area (Å²) in [7, 11) is 1.24. The van der Waals surface area contributed by atoms with Crippen molar-refractivity contribution in [2.75, 3.05) is 13.7 Å². The number of aromatic nitrogens is 2. The van der Waals surface area contributed by atoms with Gasteiger partial charge in [-0.15, -0.1) is 5.10 Å². The Labute approximate surface area is 131 Å². The minimum atomic E-state index is -0.717. The van der Waals surface area contributed by atoms with Gasteiger partial charge in [-0.05, 0) is 13.0 Å². The Balaban J connectivity index is 2.15. The molecule has 2 rings (SSSR count). The first kappa shape index (κ1) is 16.3. The van der Waals surface area contributed by atoms with Gasteiger partial charge in [0.1, 0.15) is 5.75 Å².